The fraction of sp³-hybridized carbons (Fsp3) is 0.667. The fourth-order valence-electron chi connectivity index (χ4n) is 2.03. The molecule has 0 aromatic heterocycles. The summed E-state index contributed by atoms with van der Waals surface area (Å²) in [4.78, 5) is 4.66. The summed E-state index contributed by atoms with van der Waals surface area (Å²) in [5.41, 5.74) is 1.06. The van der Waals surface area contributed by atoms with Crippen molar-refractivity contribution in [2.75, 3.05) is 20.6 Å². The van der Waals surface area contributed by atoms with Crippen molar-refractivity contribution >= 4 is 0 Å². The number of rotatable bonds is 3. The van der Waals surface area contributed by atoms with Crippen LogP contribution in [-0.2, 0) is 0 Å². The van der Waals surface area contributed by atoms with Crippen LogP contribution >= 0.6 is 0 Å². The lowest BCUT2D eigenvalue weighted by atomic mass is 9.98. The number of hydrogen-bond acceptors (Lipinski definition) is 2. The Balaban J connectivity index is 2.64. The minimum atomic E-state index is 0.608. The van der Waals surface area contributed by atoms with E-state index in [0.717, 1.165) is 12.2 Å². The van der Waals surface area contributed by atoms with Gasteiger partial charge < -0.3 is 9.80 Å². The molecule has 1 aliphatic rings. The maximum atomic E-state index is 4.03. The molecule has 2 heteroatoms. The third kappa shape index (κ3) is 2.38. The summed E-state index contributed by atoms with van der Waals surface area (Å²) in [7, 11) is 4.30. The van der Waals surface area contributed by atoms with Crippen LogP contribution in [0.3, 0.4) is 0 Å². The smallest absolute Gasteiger partial charge is 0.0336 e. The van der Waals surface area contributed by atoms with Gasteiger partial charge in [-0.25, -0.2) is 0 Å². The van der Waals surface area contributed by atoms with Gasteiger partial charge in [-0.15, -0.1) is 0 Å². The molecule has 0 amide bonds. The Morgan fingerprint density at radius 3 is 2.57 bits per heavy atom. The minimum Gasteiger partial charge on any atom is -0.368 e. The molecule has 0 aromatic rings. The van der Waals surface area contributed by atoms with Crippen LogP contribution in [0.15, 0.2) is 24.9 Å². The molecule has 2 atom stereocenters. The first kappa shape index (κ1) is 11.3. The first-order valence-electron chi connectivity index (χ1n) is 5.30. The van der Waals surface area contributed by atoms with Crippen LogP contribution in [0, 0.1) is 0 Å². The van der Waals surface area contributed by atoms with E-state index in [1.54, 1.807) is 0 Å². The van der Waals surface area contributed by atoms with Gasteiger partial charge in [0.15, 0.2) is 0 Å². The highest BCUT2D eigenvalue weighted by atomic mass is 15.2. The molecule has 1 fully saturated rings. The van der Waals surface area contributed by atoms with E-state index in [1.807, 2.05) is 6.08 Å². The molecule has 0 spiro atoms. The Bertz CT molecular complexity index is 220. The van der Waals surface area contributed by atoms with Crippen LogP contribution in [0.5, 0.6) is 0 Å². The predicted octanol–water partition coefficient (Wildman–Crippen LogP) is 2.10. The largest absolute Gasteiger partial charge is 0.368 e. The second kappa shape index (κ2) is 4.65. The second-order valence-electron chi connectivity index (χ2n) is 4.39. The molecular formula is C12H22N2. The first-order valence-corrected chi connectivity index (χ1v) is 5.30. The zero-order chi connectivity index (χ0) is 10.7. The van der Waals surface area contributed by atoms with Crippen LogP contribution in [-0.4, -0.2) is 42.5 Å². The zero-order valence-corrected chi connectivity index (χ0v) is 9.66. The third-order valence-corrected chi connectivity index (χ3v) is 3.19. The standard InChI is InChI=1S/C12H22N2/c1-6-10(2)14-9-12(13(4)5)8-7-11(14)3/h6,11-12H,1-2,7-9H2,3-5H3/t11-,12-/m0/s1. The molecular weight excluding hydrogens is 172 g/mol. The topological polar surface area (TPSA) is 6.48 Å². The van der Waals surface area contributed by atoms with Gasteiger partial charge >= 0.3 is 0 Å². The van der Waals surface area contributed by atoms with Crippen molar-refractivity contribution in [2.45, 2.75) is 31.8 Å². The molecule has 1 saturated heterocycles. The molecule has 0 aliphatic carbocycles. The Labute approximate surface area is 87.9 Å². The van der Waals surface area contributed by atoms with Crippen molar-refractivity contribution in [3.8, 4) is 0 Å². The third-order valence-electron chi connectivity index (χ3n) is 3.19. The lowest BCUT2D eigenvalue weighted by Gasteiger charge is -2.42. The summed E-state index contributed by atoms with van der Waals surface area (Å²) < 4.78 is 0. The molecule has 1 aliphatic heterocycles. The lowest BCUT2D eigenvalue weighted by Crippen LogP contribution is -2.48. The molecule has 0 N–H and O–H groups in total. The normalized spacial score (nSPS) is 27.9. The molecule has 0 unspecified atom stereocenters. The van der Waals surface area contributed by atoms with Crippen molar-refractivity contribution < 1.29 is 0 Å². The summed E-state index contributed by atoms with van der Waals surface area (Å²) >= 11 is 0. The fourth-order valence-corrected chi connectivity index (χ4v) is 2.03. The maximum Gasteiger partial charge on any atom is 0.0336 e. The monoisotopic (exact) mass is 194 g/mol. The van der Waals surface area contributed by atoms with Gasteiger partial charge in [-0.3, -0.25) is 0 Å². The van der Waals surface area contributed by atoms with Gasteiger partial charge in [0.1, 0.15) is 0 Å². The molecule has 2 nitrogen and oxygen atoms in total. The quantitative estimate of drug-likeness (QED) is 0.635. The Morgan fingerprint density at radius 2 is 2.07 bits per heavy atom. The van der Waals surface area contributed by atoms with E-state index in [-0.39, 0.29) is 0 Å². The Hall–Kier alpha value is -0.760. The van der Waals surface area contributed by atoms with Crippen LogP contribution in [0.2, 0.25) is 0 Å². The van der Waals surface area contributed by atoms with E-state index in [2.05, 4.69) is 44.0 Å². The highest BCUT2D eigenvalue weighted by Gasteiger charge is 2.26. The minimum absolute atomic E-state index is 0.608. The molecule has 0 saturated carbocycles. The van der Waals surface area contributed by atoms with E-state index in [0.29, 0.717) is 12.1 Å². The van der Waals surface area contributed by atoms with Gasteiger partial charge in [0.2, 0.25) is 0 Å². The number of piperidine rings is 1. The van der Waals surface area contributed by atoms with Crippen LogP contribution in [0.4, 0.5) is 0 Å². The summed E-state index contributed by atoms with van der Waals surface area (Å²) in [5.74, 6) is 0. The summed E-state index contributed by atoms with van der Waals surface area (Å²) in [6.07, 6.45) is 4.39. The molecule has 14 heavy (non-hydrogen) atoms. The number of hydrogen-bond donors (Lipinski definition) is 0. The Morgan fingerprint density at radius 1 is 1.43 bits per heavy atom. The van der Waals surface area contributed by atoms with Gasteiger partial charge in [0.05, 0.1) is 0 Å². The number of nitrogens with zero attached hydrogens (tertiary/aromatic N) is 2. The van der Waals surface area contributed by atoms with Gasteiger partial charge in [-0.2, -0.15) is 0 Å². The van der Waals surface area contributed by atoms with Crippen molar-refractivity contribution in [2.24, 2.45) is 0 Å². The first-order chi connectivity index (χ1) is 6.56. The van der Waals surface area contributed by atoms with E-state index < -0.39 is 0 Å². The summed E-state index contributed by atoms with van der Waals surface area (Å²) in [5, 5.41) is 0. The lowest BCUT2D eigenvalue weighted by molar-refractivity contribution is 0.124. The van der Waals surface area contributed by atoms with E-state index >= 15 is 0 Å². The zero-order valence-electron chi connectivity index (χ0n) is 9.66. The average Bonchev–Trinajstić information content (AvgIpc) is 2.17. The Kier molecular flexibility index (Phi) is 3.76. The number of likely N-dealkylation sites (tertiary alicyclic amines) is 1. The predicted molar refractivity (Wildman–Crippen MR) is 62.2 cm³/mol. The SMILES string of the molecule is C=CC(=C)N1C[C@@H](N(C)C)CC[C@@H]1C. The number of allylic oxidation sites excluding steroid dienone is 1. The number of likely N-dealkylation sites (N-methyl/N-ethyl adjacent to an activating group) is 1. The highest BCUT2D eigenvalue weighted by molar-refractivity contribution is 5.12. The highest BCUT2D eigenvalue weighted by Crippen LogP contribution is 2.23. The second-order valence-corrected chi connectivity index (χ2v) is 4.39. The molecule has 0 bridgehead atoms. The van der Waals surface area contributed by atoms with Crippen molar-refractivity contribution in [1.29, 1.82) is 0 Å². The molecule has 1 heterocycles. The molecule has 0 radical (unpaired) electrons. The summed E-state index contributed by atoms with van der Waals surface area (Å²) in [6.45, 7) is 11.2. The van der Waals surface area contributed by atoms with Crippen LogP contribution in [0.25, 0.3) is 0 Å². The van der Waals surface area contributed by atoms with Crippen molar-refractivity contribution in [1.82, 2.24) is 9.80 Å². The van der Waals surface area contributed by atoms with Gasteiger partial charge in [0.25, 0.3) is 0 Å². The van der Waals surface area contributed by atoms with Crippen LogP contribution in [0.1, 0.15) is 19.8 Å². The average molecular weight is 194 g/mol. The van der Waals surface area contributed by atoms with Crippen LogP contribution < -0.4 is 0 Å². The van der Waals surface area contributed by atoms with Crippen molar-refractivity contribution in [3.63, 3.8) is 0 Å². The van der Waals surface area contributed by atoms with Gasteiger partial charge in [-0.1, -0.05) is 13.2 Å². The summed E-state index contributed by atoms with van der Waals surface area (Å²) in [6, 6.07) is 1.26. The van der Waals surface area contributed by atoms with Gasteiger partial charge in [0, 0.05) is 24.3 Å². The van der Waals surface area contributed by atoms with Gasteiger partial charge in [-0.05, 0) is 39.9 Å². The molecule has 80 valence electrons. The van der Waals surface area contributed by atoms with E-state index in [1.165, 1.54) is 12.8 Å². The molecule has 1 rings (SSSR count). The van der Waals surface area contributed by atoms with E-state index in [4.69, 9.17) is 0 Å². The van der Waals surface area contributed by atoms with E-state index in [9.17, 15) is 0 Å². The van der Waals surface area contributed by atoms with Crippen molar-refractivity contribution in [3.05, 3.63) is 24.9 Å². The molecule has 0 aromatic carbocycles. The maximum absolute atomic E-state index is 4.03.